The smallest absolute Gasteiger partial charge is 0.251 e. The molecule has 1 aromatic carbocycles. The minimum atomic E-state index is -0.141. The minimum absolute atomic E-state index is 0.141. The molecular weight excluding hydrogens is 358 g/mol. The summed E-state index contributed by atoms with van der Waals surface area (Å²) in [5.74, 6) is 0.521. The largest absolute Gasteiger partial charge is 0.382 e. The van der Waals surface area contributed by atoms with Crippen LogP contribution in [0.5, 0.6) is 0 Å². The summed E-state index contributed by atoms with van der Waals surface area (Å²) in [7, 11) is 0. The van der Waals surface area contributed by atoms with E-state index in [1.165, 1.54) is 6.33 Å². The van der Waals surface area contributed by atoms with E-state index >= 15 is 0 Å². The molecule has 0 aliphatic heterocycles. The Morgan fingerprint density at radius 3 is 2.67 bits per heavy atom. The van der Waals surface area contributed by atoms with E-state index < -0.39 is 0 Å². The van der Waals surface area contributed by atoms with Crippen molar-refractivity contribution in [1.29, 1.82) is 0 Å². The molecule has 4 N–H and O–H groups in total. The Bertz CT molecular complexity index is 635. The summed E-state index contributed by atoms with van der Waals surface area (Å²) in [4.78, 5) is 19.6. The van der Waals surface area contributed by atoms with Crippen LogP contribution in [-0.4, -0.2) is 29.0 Å². The first kappa shape index (κ1) is 15.5. The van der Waals surface area contributed by atoms with E-state index in [0.717, 1.165) is 4.47 Å². The molecule has 0 radical (unpaired) electrons. The number of nitrogens with one attached hydrogen (secondary N) is 2. The van der Waals surface area contributed by atoms with Gasteiger partial charge in [0.15, 0.2) is 5.82 Å². The molecule has 1 heterocycles. The first-order valence-corrected chi connectivity index (χ1v) is 7.28. The van der Waals surface area contributed by atoms with Gasteiger partial charge in [-0.05, 0) is 24.3 Å². The van der Waals surface area contributed by atoms with E-state index in [0.29, 0.717) is 24.5 Å². The zero-order chi connectivity index (χ0) is 15.2. The number of benzene rings is 1. The topological polar surface area (TPSA) is 92.9 Å². The van der Waals surface area contributed by atoms with E-state index in [4.69, 9.17) is 17.3 Å². The van der Waals surface area contributed by atoms with Crippen LogP contribution >= 0.6 is 27.5 Å². The number of carbonyl (C=O) groups excluding carboxylic acids is 1. The number of aromatic nitrogens is 2. The van der Waals surface area contributed by atoms with E-state index in [-0.39, 0.29) is 16.7 Å². The van der Waals surface area contributed by atoms with Crippen molar-refractivity contribution in [2.24, 2.45) is 0 Å². The third-order valence-corrected chi connectivity index (χ3v) is 3.53. The van der Waals surface area contributed by atoms with Crippen molar-refractivity contribution in [3.8, 4) is 0 Å². The fourth-order valence-electron chi connectivity index (χ4n) is 1.57. The number of carbonyl (C=O) groups is 1. The lowest BCUT2D eigenvalue weighted by Crippen LogP contribution is -2.28. The van der Waals surface area contributed by atoms with Gasteiger partial charge in [-0.1, -0.05) is 27.5 Å². The van der Waals surface area contributed by atoms with Gasteiger partial charge in [0.1, 0.15) is 17.2 Å². The molecule has 8 heteroatoms. The van der Waals surface area contributed by atoms with Gasteiger partial charge in [-0.2, -0.15) is 0 Å². The van der Waals surface area contributed by atoms with E-state index in [2.05, 4.69) is 36.5 Å². The Kier molecular flexibility index (Phi) is 5.35. The zero-order valence-corrected chi connectivity index (χ0v) is 13.3. The zero-order valence-electron chi connectivity index (χ0n) is 10.9. The monoisotopic (exact) mass is 369 g/mol. The Hall–Kier alpha value is -1.86. The molecule has 0 saturated heterocycles. The average molecular weight is 371 g/mol. The fourth-order valence-corrected chi connectivity index (χ4v) is 2.00. The summed E-state index contributed by atoms with van der Waals surface area (Å²) in [6.07, 6.45) is 1.32. The van der Waals surface area contributed by atoms with Gasteiger partial charge in [-0.25, -0.2) is 9.97 Å². The highest BCUT2D eigenvalue weighted by atomic mass is 79.9. The number of hydrogen-bond donors (Lipinski definition) is 3. The first-order valence-electron chi connectivity index (χ1n) is 6.11. The van der Waals surface area contributed by atoms with Crippen molar-refractivity contribution in [1.82, 2.24) is 15.3 Å². The number of hydrogen-bond acceptors (Lipinski definition) is 5. The highest BCUT2D eigenvalue weighted by Crippen LogP contribution is 2.22. The highest BCUT2D eigenvalue weighted by Gasteiger charge is 2.07. The second-order valence-corrected chi connectivity index (χ2v) is 5.40. The number of nitrogen functional groups attached to an aromatic ring is 1. The lowest BCUT2D eigenvalue weighted by molar-refractivity contribution is 0.0955. The van der Waals surface area contributed by atoms with Crippen LogP contribution in [0.3, 0.4) is 0 Å². The van der Waals surface area contributed by atoms with Crippen LogP contribution in [0.4, 0.5) is 11.6 Å². The predicted octanol–water partition coefficient (Wildman–Crippen LogP) is 2.32. The maximum atomic E-state index is 11.9. The molecule has 6 nitrogen and oxygen atoms in total. The Morgan fingerprint density at radius 2 is 1.95 bits per heavy atom. The molecule has 0 aliphatic carbocycles. The third kappa shape index (κ3) is 4.30. The van der Waals surface area contributed by atoms with Crippen LogP contribution in [0, 0.1) is 0 Å². The van der Waals surface area contributed by atoms with Gasteiger partial charge in [0.05, 0.1) is 0 Å². The molecular formula is C13H13BrClN5O. The Morgan fingerprint density at radius 1 is 1.24 bits per heavy atom. The van der Waals surface area contributed by atoms with Crippen molar-refractivity contribution in [3.63, 3.8) is 0 Å². The van der Waals surface area contributed by atoms with Gasteiger partial charge in [-0.15, -0.1) is 0 Å². The number of halogens is 2. The van der Waals surface area contributed by atoms with Gasteiger partial charge >= 0.3 is 0 Å². The van der Waals surface area contributed by atoms with E-state index in [9.17, 15) is 4.79 Å². The number of amides is 1. The molecule has 1 aromatic heterocycles. The van der Waals surface area contributed by atoms with Crippen molar-refractivity contribution in [2.75, 3.05) is 24.1 Å². The molecule has 0 atom stereocenters. The standard InChI is InChI=1S/C13H13BrClN5O/c14-9-3-1-8(2-4-9)13(21)18-6-5-17-12-10(15)11(16)19-7-20-12/h1-4,7H,5-6H2,(H,18,21)(H3,16,17,19,20). The summed E-state index contributed by atoms with van der Waals surface area (Å²) in [5.41, 5.74) is 6.16. The molecule has 2 aromatic rings. The molecule has 0 fully saturated rings. The quantitative estimate of drug-likeness (QED) is 0.702. The first-order chi connectivity index (χ1) is 10.1. The van der Waals surface area contributed by atoms with Crippen LogP contribution in [-0.2, 0) is 0 Å². The fraction of sp³-hybridized carbons (Fsp3) is 0.154. The van der Waals surface area contributed by atoms with Crippen molar-refractivity contribution >= 4 is 45.1 Å². The lowest BCUT2D eigenvalue weighted by atomic mass is 10.2. The summed E-state index contributed by atoms with van der Waals surface area (Å²) in [6, 6.07) is 7.12. The Balaban J connectivity index is 1.80. The number of nitrogens with zero attached hydrogens (tertiary/aromatic N) is 2. The van der Waals surface area contributed by atoms with Crippen LogP contribution in [0.15, 0.2) is 35.1 Å². The summed E-state index contributed by atoms with van der Waals surface area (Å²) in [6.45, 7) is 0.896. The van der Waals surface area contributed by atoms with E-state index in [1.807, 2.05) is 12.1 Å². The van der Waals surface area contributed by atoms with E-state index in [1.54, 1.807) is 12.1 Å². The number of anilines is 2. The summed E-state index contributed by atoms with van der Waals surface area (Å²) in [5, 5.41) is 6.05. The SMILES string of the molecule is Nc1ncnc(NCCNC(=O)c2ccc(Br)cc2)c1Cl. The van der Waals surface area contributed by atoms with Crippen molar-refractivity contribution in [3.05, 3.63) is 45.7 Å². The van der Waals surface area contributed by atoms with Crippen molar-refractivity contribution in [2.45, 2.75) is 0 Å². The van der Waals surface area contributed by atoms with Crippen LogP contribution in [0.25, 0.3) is 0 Å². The van der Waals surface area contributed by atoms with Crippen molar-refractivity contribution < 1.29 is 4.79 Å². The predicted molar refractivity (Wildman–Crippen MR) is 86.4 cm³/mol. The van der Waals surface area contributed by atoms with Gasteiger partial charge in [0.2, 0.25) is 0 Å². The second-order valence-electron chi connectivity index (χ2n) is 4.11. The molecule has 0 bridgehead atoms. The lowest BCUT2D eigenvalue weighted by Gasteiger charge is -2.09. The van der Waals surface area contributed by atoms with Crippen LogP contribution < -0.4 is 16.4 Å². The molecule has 0 aliphatic rings. The molecule has 0 spiro atoms. The molecule has 0 saturated carbocycles. The molecule has 1 amide bonds. The van der Waals surface area contributed by atoms with Crippen LogP contribution in [0.1, 0.15) is 10.4 Å². The third-order valence-electron chi connectivity index (χ3n) is 2.63. The molecule has 21 heavy (non-hydrogen) atoms. The summed E-state index contributed by atoms with van der Waals surface area (Å²) < 4.78 is 0.928. The minimum Gasteiger partial charge on any atom is -0.382 e. The van der Waals surface area contributed by atoms with Gasteiger partial charge in [-0.3, -0.25) is 4.79 Å². The maximum absolute atomic E-state index is 11.9. The maximum Gasteiger partial charge on any atom is 0.251 e. The van der Waals surface area contributed by atoms with Gasteiger partial charge in [0.25, 0.3) is 5.91 Å². The summed E-state index contributed by atoms with van der Waals surface area (Å²) >= 11 is 9.26. The normalized spacial score (nSPS) is 10.2. The molecule has 0 unspecified atom stereocenters. The second kappa shape index (κ2) is 7.24. The van der Waals surface area contributed by atoms with Crippen LogP contribution in [0.2, 0.25) is 5.02 Å². The van der Waals surface area contributed by atoms with Gasteiger partial charge < -0.3 is 16.4 Å². The number of nitrogens with two attached hydrogens (primary N) is 1. The van der Waals surface area contributed by atoms with Gasteiger partial charge in [0, 0.05) is 23.1 Å². The number of rotatable bonds is 5. The molecule has 2 rings (SSSR count). The Labute approximate surface area is 135 Å². The highest BCUT2D eigenvalue weighted by molar-refractivity contribution is 9.10. The average Bonchev–Trinajstić information content (AvgIpc) is 2.48. The molecule has 110 valence electrons.